The smallest absolute Gasteiger partial charge is 0.300 e. The van der Waals surface area contributed by atoms with Crippen LogP contribution in [0.15, 0.2) is 174 Å². The van der Waals surface area contributed by atoms with Crippen molar-refractivity contribution in [3.05, 3.63) is 203 Å². The van der Waals surface area contributed by atoms with Crippen LogP contribution in [0.4, 0.5) is 0 Å². The third-order valence-electron chi connectivity index (χ3n) is 9.22. The maximum absolute atomic E-state index is 15.3. The first kappa shape index (κ1) is 39.4. The molecule has 9 nitrogen and oxygen atoms in total. The number of carbonyl (C=O) groups is 1. The van der Waals surface area contributed by atoms with Crippen molar-refractivity contribution in [2.75, 3.05) is 6.61 Å². The van der Waals surface area contributed by atoms with Gasteiger partial charge in [-0.15, -0.1) is 0 Å². The Balaban J connectivity index is 1.61. The highest BCUT2D eigenvalue weighted by atomic mass is 32.2. The fraction of sp³-hybridized carbons (Fsp3) is 0.159. The lowest BCUT2D eigenvalue weighted by molar-refractivity contribution is -0.241. The molecule has 0 amide bonds. The van der Waals surface area contributed by atoms with E-state index >= 15 is 4.79 Å². The lowest BCUT2D eigenvalue weighted by Crippen LogP contribution is -2.49. The molecule has 282 valence electrons. The van der Waals surface area contributed by atoms with E-state index in [0.29, 0.717) is 5.56 Å². The molecule has 6 aromatic rings. The van der Waals surface area contributed by atoms with Crippen LogP contribution in [-0.4, -0.2) is 34.3 Å². The van der Waals surface area contributed by atoms with Crippen molar-refractivity contribution in [2.24, 2.45) is 0 Å². The van der Waals surface area contributed by atoms with Gasteiger partial charge in [0.1, 0.15) is 18.3 Å². The molecule has 6 rings (SSSR count). The molecule has 3 unspecified atom stereocenters. The molecule has 0 aromatic heterocycles. The van der Waals surface area contributed by atoms with E-state index in [1.165, 1.54) is 42.5 Å². The number of carbonyl (C=O) groups excluding carboxylic acids is 1. The van der Waals surface area contributed by atoms with Crippen LogP contribution in [0.25, 0.3) is 0 Å². The second kappa shape index (κ2) is 16.2. The van der Waals surface area contributed by atoms with Gasteiger partial charge >= 0.3 is 0 Å². The lowest BCUT2D eigenvalue weighted by atomic mass is 9.84. The predicted molar refractivity (Wildman–Crippen MR) is 208 cm³/mol. The molecular formula is C44H40O9S2. The number of ketones is 1. The number of aliphatic hydroxyl groups is 1. The van der Waals surface area contributed by atoms with Crippen molar-refractivity contribution in [1.82, 2.24) is 0 Å². The van der Waals surface area contributed by atoms with Gasteiger partial charge in [0.25, 0.3) is 26.0 Å². The first-order valence-corrected chi connectivity index (χ1v) is 20.2. The van der Waals surface area contributed by atoms with Crippen LogP contribution >= 0.6 is 0 Å². The van der Waals surface area contributed by atoms with Gasteiger partial charge in [-0.05, 0) is 61.7 Å². The number of Topliss-reactive ketones (excluding diaryl/α,β-unsaturated/α-hetero) is 1. The van der Waals surface area contributed by atoms with Crippen molar-refractivity contribution in [1.29, 1.82) is 0 Å². The number of hydrogen-bond donors (Lipinski definition) is 1. The lowest BCUT2D eigenvalue weighted by Gasteiger charge is -2.42. The molecule has 0 bridgehead atoms. The molecule has 11 heteroatoms. The second-order valence-electron chi connectivity index (χ2n) is 13.2. The maximum Gasteiger partial charge on any atom is 0.300 e. The van der Waals surface area contributed by atoms with Crippen molar-refractivity contribution < 1.29 is 39.8 Å². The highest BCUT2D eigenvalue weighted by Crippen LogP contribution is 2.47. The van der Waals surface area contributed by atoms with Crippen molar-refractivity contribution in [2.45, 2.75) is 48.1 Å². The van der Waals surface area contributed by atoms with Gasteiger partial charge < -0.3 is 9.84 Å². The summed E-state index contributed by atoms with van der Waals surface area (Å²) in [6, 6.07) is 42.7. The van der Waals surface area contributed by atoms with Crippen LogP contribution in [0, 0.1) is 20.8 Å². The summed E-state index contributed by atoms with van der Waals surface area (Å²) in [6.07, 6.45) is -1.72. The van der Waals surface area contributed by atoms with Gasteiger partial charge in [0.05, 0.1) is 9.79 Å². The third-order valence-corrected chi connectivity index (χ3v) is 11.8. The molecule has 0 radical (unpaired) electrons. The Labute approximate surface area is 322 Å². The third kappa shape index (κ3) is 8.52. The molecule has 55 heavy (non-hydrogen) atoms. The summed E-state index contributed by atoms with van der Waals surface area (Å²) in [7, 11) is -9.29. The second-order valence-corrected chi connectivity index (χ2v) is 16.4. The van der Waals surface area contributed by atoms with Gasteiger partial charge in [-0.2, -0.15) is 16.8 Å². The molecule has 0 saturated heterocycles. The number of aryl methyl sites for hydroxylation is 3. The molecule has 0 aliphatic carbocycles. The van der Waals surface area contributed by atoms with Crippen LogP contribution < -0.4 is 0 Å². The summed E-state index contributed by atoms with van der Waals surface area (Å²) in [6.45, 7) is 4.38. The normalized spacial score (nSPS) is 14.7. The van der Waals surface area contributed by atoms with Crippen LogP contribution in [0.2, 0.25) is 0 Å². The standard InChI is InChI=1S/C44H40O9S2/c1-32-23-27-38(28-24-32)54(47,48)51-31-43(46,36-18-9-5-10-19-36)42(35-16-7-4-8-17-35)52-44(37-20-11-6-12-21-37,41(45)40-22-14-13-15-34(40)3)53-55(49,50)39-29-25-33(2)26-30-39/h4-30,42,46H,31H2,1-3H3. The van der Waals surface area contributed by atoms with Crippen molar-refractivity contribution >= 4 is 26.0 Å². The Bertz CT molecular complexity index is 2460. The summed E-state index contributed by atoms with van der Waals surface area (Å²) in [5, 5.41) is 13.1. The zero-order valence-corrected chi connectivity index (χ0v) is 32.0. The molecule has 1 N–H and O–H groups in total. The average molecular weight is 777 g/mol. The summed E-state index contributed by atoms with van der Waals surface area (Å²) >= 11 is 0. The van der Waals surface area contributed by atoms with Crippen LogP contribution in [0.1, 0.15) is 49.8 Å². The van der Waals surface area contributed by atoms with Gasteiger partial charge in [0.2, 0.25) is 5.78 Å². The Morgan fingerprint density at radius 1 is 0.582 bits per heavy atom. The molecule has 0 fully saturated rings. The molecule has 0 aliphatic heterocycles. The topological polar surface area (TPSA) is 133 Å². The van der Waals surface area contributed by atoms with Crippen LogP contribution in [0.5, 0.6) is 0 Å². The summed E-state index contributed by atoms with van der Waals surface area (Å²) < 4.78 is 74.8. The Hall–Kier alpha value is -5.27. The van der Waals surface area contributed by atoms with Gasteiger partial charge in [0, 0.05) is 11.1 Å². The fourth-order valence-electron chi connectivity index (χ4n) is 6.14. The van der Waals surface area contributed by atoms with E-state index in [0.717, 1.165) is 11.1 Å². The first-order valence-electron chi connectivity index (χ1n) is 17.4. The van der Waals surface area contributed by atoms with Gasteiger partial charge in [-0.25, -0.2) is 4.18 Å². The number of benzene rings is 6. The highest BCUT2D eigenvalue weighted by Gasteiger charge is 2.54. The highest BCUT2D eigenvalue weighted by molar-refractivity contribution is 7.87. The van der Waals surface area contributed by atoms with Gasteiger partial charge in [0.15, 0.2) is 0 Å². The van der Waals surface area contributed by atoms with E-state index in [9.17, 15) is 21.9 Å². The van der Waals surface area contributed by atoms with E-state index in [1.54, 1.807) is 135 Å². The Morgan fingerprint density at radius 3 is 1.56 bits per heavy atom. The van der Waals surface area contributed by atoms with E-state index in [1.807, 2.05) is 6.92 Å². The molecule has 0 spiro atoms. The minimum absolute atomic E-state index is 0.0107. The van der Waals surface area contributed by atoms with E-state index < -0.39 is 50.1 Å². The average Bonchev–Trinajstić information content (AvgIpc) is 3.20. The van der Waals surface area contributed by atoms with Gasteiger partial charge in [-0.3, -0.25) is 8.98 Å². The molecular weight excluding hydrogens is 737 g/mol. The van der Waals surface area contributed by atoms with Crippen LogP contribution in [-0.2, 0) is 44.7 Å². The zero-order chi connectivity index (χ0) is 39.3. The minimum Gasteiger partial charge on any atom is -0.380 e. The van der Waals surface area contributed by atoms with Crippen LogP contribution in [0.3, 0.4) is 0 Å². The Kier molecular flexibility index (Phi) is 11.6. The molecule has 0 aliphatic rings. The van der Waals surface area contributed by atoms with E-state index in [4.69, 9.17) is 13.1 Å². The number of rotatable bonds is 15. The summed E-state index contributed by atoms with van der Waals surface area (Å²) in [5.74, 6) is -3.70. The van der Waals surface area contributed by atoms with Gasteiger partial charge in [-0.1, -0.05) is 151 Å². The Morgan fingerprint density at radius 2 is 1.04 bits per heavy atom. The molecule has 3 atom stereocenters. The maximum atomic E-state index is 15.3. The largest absolute Gasteiger partial charge is 0.380 e. The molecule has 0 saturated carbocycles. The monoisotopic (exact) mass is 776 g/mol. The zero-order valence-electron chi connectivity index (χ0n) is 30.4. The quantitative estimate of drug-likeness (QED) is 0.0624. The summed E-state index contributed by atoms with van der Waals surface area (Å²) in [5.41, 5.74) is 0.168. The predicted octanol–water partition coefficient (Wildman–Crippen LogP) is 8.10. The number of ether oxygens (including phenoxy) is 1. The minimum atomic E-state index is -4.82. The van der Waals surface area contributed by atoms with Crippen molar-refractivity contribution in [3.8, 4) is 0 Å². The fourth-order valence-corrected chi connectivity index (χ4v) is 8.17. The van der Waals surface area contributed by atoms with Crippen molar-refractivity contribution in [3.63, 3.8) is 0 Å². The van der Waals surface area contributed by atoms with E-state index in [2.05, 4.69) is 0 Å². The molecule has 6 aromatic carbocycles. The SMILES string of the molecule is Cc1ccc(S(=O)(=O)OCC(O)(c2ccccc2)C(OC(OS(=O)(=O)c2ccc(C)cc2)(C(=O)c2ccccc2C)c2ccccc2)c2ccccc2)cc1. The first-order chi connectivity index (χ1) is 26.2. The molecule has 0 heterocycles. The van der Waals surface area contributed by atoms with E-state index in [-0.39, 0.29) is 32.0 Å². The summed E-state index contributed by atoms with van der Waals surface area (Å²) in [4.78, 5) is 14.9. The number of hydrogen-bond acceptors (Lipinski definition) is 9.